The Labute approximate surface area is 142 Å². The maximum atomic E-state index is 12.8. The van der Waals surface area contributed by atoms with Crippen molar-refractivity contribution >= 4 is 23.7 Å². The molecule has 1 aliphatic carbocycles. The zero-order valence-electron chi connectivity index (χ0n) is 14.1. The minimum absolute atomic E-state index is 0.222. The first-order valence-electron chi connectivity index (χ1n) is 8.17. The maximum absolute atomic E-state index is 12.8. The van der Waals surface area contributed by atoms with Gasteiger partial charge in [0.15, 0.2) is 0 Å². The highest BCUT2D eigenvalue weighted by Gasteiger charge is 2.38. The lowest BCUT2D eigenvalue weighted by Crippen LogP contribution is -2.48. The fourth-order valence-electron chi connectivity index (χ4n) is 3.40. The number of carbonyl (C=O) groups is 2. The van der Waals surface area contributed by atoms with E-state index < -0.39 is 11.4 Å². The molecule has 1 aromatic rings. The van der Waals surface area contributed by atoms with Crippen LogP contribution in [0.2, 0.25) is 0 Å². The Hall–Kier alpha value is -1.49. The van der Waals surface area contributed by atoms with E-state index in [4.69, 9.17) is 0 Å². The third-order valence-corrected chi connectivity index (χ3v) is 5.60. The van der Waals surface area contributed by atoms with E-state index in [1.54, 1.807) is 11.8 Å². The summed E-state index contributed by atoms with van der Waals surface area (Å²) in [6, 6.07) is 7.67. The second-order valence-electron chi connectivity index (χ2n) is 6.45. The smallest absolute Gasteiger partial charge is 0.321 e. The minimum atomic E-state index is -0.682. The van der Waals surface area contributed by atoms with Gasteiger partial charge < -0.3 is 5.32 Å². The molecule has 1 atom stereocenters. The van der Waals surface area contributed by atoms with E-state index in [0.29, 0.717) is 5.92 Å². The van der Waals surface area contributed by atoms with Crippen LogP contribution in [-0.4, -0.2) is 25.2 Å². The molecular formula is C18H26N2O2S. The standard InChI is InChI=1S/C18H26N2O2S/c1-18(12-13-6-4-5-7-13,16(21)20-17(22)19-2)14-8-10-15(23-3)11-9-14/h8-11,13H,4-7,12H2,1-3H3,(H2,19,20,21,22). The van der Waals surface area contributed by atoms with Gasteiger partial charge in [0.1, 0.15) is 0 Å². The second kappa shape index (κ2) is 7.86. The van der Waals surface area contributed by atoms with Gasteiger partial charge in [0.25, 0.3) is 0 Å². The second-order valence-corrected chi connectivity index (χ2v) is 7.33. The number of nitrogens with one attached hydrogen (secondary N) is 2. The third-order valence-electron chi connectivity index (χ3n) is 4.85. The van der Waals surface area contributed by atoms with Crippen molar-refractivity contribution in [2.45, 2.75) is 49.3 Å². The summed E-state index contributed by atoms with van der Waals surface area (Å²) in [7, 11) is 1.52. The van der Waals surface area contributed by atoms with E-state index in [1.807, 2.05) is 37.4 Å². The SMILES string of the molecule is CNC(=O)NC(=O)C(C)(CC1CCCC1)c1ccc(SC)cc1. The summed E-state index contributed by atoms with van der Waals surface area (Å²) < 4.78 is 0. The molecule has 4 nitrogen and oxygen atoms in total. The van der Waals surface area contributed by atoms with Gasteiger partial charge in [-0.1, -0.05) is 37.8 Å². The lowest BCUT2D eigenvalue weighted by Gasteiger charge is -2.31. The first-order chi connectivity index (χ1) is 11.0. The Morgan fingerprint density at radius 2 is 1.83 bits per heavy atom. The summed E-state index contributed by atoms with van der Waals surface area (Å²) in [5, 5.41) is 4.93. The normalized spacial score (nSPS) is 17.5. The molecule has 0 saturated heterocycles. The molecule has 1 aliphatic rings. The molecule has 5 heteroatoms. The van der Waals surface area contributed by atoms with Crippen LogP contribution in [0.25, 0.3) is 0 Å². The van der Waals surface area contributed by atoms with Crippen molar-refractivity contribution in [1.82, 2.24) is 10.6 Å². The van der Waals surface area contributed by atoms with E-state index in [1.165, 1.54) is 37.6 Å². The predicted molar refractivity (Wildman–Crippen MR) is 94.7 cm³/mol. The summed E-state index contributed by atoms with van der Waals surface area (Å²) in [5.74, 6) is 0.330. The van der Waals surface area contributed by atoms with Crippen molar-refractivity contribution in [2.75, 3.05) is 13.3 Å². The Bertz CT molecular complexity index is 553. The van der Waals surface area contributed by atoms with Crippen molar-refractivity contribution in [3.05, 3.63) is 29.8 Å². The van der Waals surface area contributed by atoms with Gasteiger partial charge >= 0.3 is 6.03 Å². The fourth-order valence-corrected chi connectivity index (χ4v) is 3.80. The van der Waals surface area contributed by atoms with Crippen LogP contribution in [0.1, 0.15) is 44.6 Å². The number of carbonyl (C=O) groups excluding carboxylic acids is 2. The number of amides is 3. The van der Waals surface area contributed by atoms with Crippen molar-refractivity contribution in [3.63, 3.8) is 0 Å². The Morgan fingerprint density at radius 1 is 1.22 bits per heavy atom. The molecule has 0 radical (unpaired) electrons. The molecule has 1 fully saturated rings. The molecule has 0 bridgehead atoms. The molecule has 3 amide bonds. The molecule has 0 spiro atoms. The summed E-state index contributed by atoms with van der Waals surface area (Å²) >= 11 is 1.68. The van der Waals surface area contributed by atoms with Gasteiger partial charge in [0.05, 0.1) is 5.41 Å². The van der Waals surface area contributed by atoms with Crippen LogP contribution in [-0.2, 0) is 10.2 Å². The zero-order chi connectivity index (χ0) is 16.9. The Kier molecular flexibility index (Phi) is 6.10. The van der Waals surface area contributed by atoms with E-state index >= 15 is 0 Å². The van der Waals surface area contributed by atoms with Crippen LogP contribution < -0.4 is 10.6 Å². The number of hydrogen-bond acceptors (Lipinski definition) is 3. The van der Waals surface area contributed by atoms with Gasteiger partial charge in [-0.2, -0.15) is 0 Å². The van der Waals surface area contributed by atoms with Crippen LogP contribution in [0.4, 0.5) is 4.79 Å². The highest BCUT2D eigenvalue weighted by atomic mass is 32.2. The highest BCUT2D eigenvalue weighted by Crippen LogP contribution is 2.38. The number of rotatable bonds is 5. The van der Waals surface area contributed by atoms with Gasteiger partial charge in [0, 0.05) is 11.9 Å². The topological polar surface area (TPSA) is 58.2 Å². The number of imide groups is 1. The number of urea groups is 1. The predicted octanol–water partition coefficient (Wildman–Crippen LogP) is 3.70. The lowest BCUT2D eigenvalue weighted by molar-refractivity contribution is -0.125. The fraction of sp³-hybridized carbons (Fsp3) is 0.556. The molecule has 1 unspecified atom stereocenters. The van der Waals surface area contributed by atoms with E-state index in [9.17, 15) is 9.59 Å². The van der Waals surface area contributed by atoms with E-state index in [0.717, 1.165) is 12.0 Å². The summed E-state index contributed by atoms with van der Waals surface area (Å²) in [4.78, 5) is 25.6. The molecule has 0 aliphatic heterocycles. The number of thioether (sulfide) groups is 1. The Balaban J connectivity index is 2.27. The molecule has 2 rings (SSSR count). The lowest BCUT2D eigenvalue weighted by atomic mass is 9.74. The molecule has 0 aromatic heterocycles. The van der Waals surface area contributed by atoms with Gasteiger partial charge in [-0.15, -0.1) is 11.8 Å². The van der Waals surface area contributed by atoms with Gasteiger partial charge in [-0.3, -0.25) is 10.1 Å². The first-order valence-corrected chi connectivity index (χ1v) is 9.40. The van der Waals surface area contributed by atoms with E-state index in [2.05, 4.69) is 10.6 Å². The molecule has 0 heterocycles. The molecule has 2 N–H and O–H groups in total. The monoisotopic (exact) mass is 334 g/mol. The van der Waals surface area contributed by atoms with Crippen molar-refractivity contribution in [2.24, 2.45) is 5.92 Å². The van der Waals surface area contributed by atoms with Crippen molar-refractivity contribution in [1.29, 1.82) is 0 Å². The molecule has 1 aromatic carbocycles. The first kappa shape index (κ1) is 17.9. The van der Waals surface area contributed by atoms with Crippen LogP contribution >= 0.6 is 11.8 Å². The van der Waals surface area contributed by atoms with Crippen molar-refractivity contribution < 1.29 is 9.59 Å². The average molecular weight is 334 g/mol. The highest BCUT2D eigenvalue weighted by molar-refractivity contribution is 7.98. The molecule has 126 valence electrons. The van der Waals surface area contributed by atoms with Gasteiger partial charge in [-0.25, -0.2) is 4.79 Å². The summed E-state index contributed by atoms with van der Waals surface area (Å²) in [6.07, 6.45) is 7.64. The quantitative estimate of drug-likeness (QED) is 0.807. The van der Waals surface area contributed by atoms with Crippen molar-refractivity contribution in [3.8, 4) is 0 Å². The van der Waals surface area contributed by atoms with Crippen LogP contribution in [0.3, 0.4) is 0 Å². The minimum Gasteiger partial charge on any atom is -0.341 e. The Morgan fingerprint density at radius 3 is 2.35 bits per heavy atom. The summed E-state index contributed by atoms with van der Waals surface area (Å²) in [6.45, 7) is 1.96. The van der Waals surface area contributed by atoms with Gasteiger partial charge in [-0.05, 0) is 43.2 Å². The maximum Gasteiger partial charge on any atom is 0.321 e. The van der Waals surface area contributed by atoms with E-state index in [-0.39, 0.29) is 5.91 Å². The molecule has 1 saturated carbocycles. The molecular weight excluding hydrogens is 308 g/mol. The van der Waals surface area contributed by atoms with Crippen LogP contribution in [0, 0.1) is 5.92 Å². The largest absolute Gasteiger partial charge is 0.341 e. The summed E-state index contributed by atoms with van der Waals surface area (Å²) in [5.41, 5.74) is 0.293. The average Bonchev–Trinajstić information content (AvgIpc) is 3.07. The zero-order valence-corrected chi connectivity index (χ0v) is 15.0. The molecule has 23 heavy (non-hydrogen) atoms. The third kappa shape index (κ3) is 4.28. The van der Waals surface area contributed by atoms with Crippen LogP contribution in [0.5, 0.6) is 0 Å². The van der Waals surface area contributed by atoms with Gasteiger partial charge in [0.2, 0.25) is 5.91 Å². The van der Waals surface area contributed by atoms with Crippen LogP contribution in [0.15, 0.2) is 29.2 Å². The number of benzene rings is 1. The number of hydrogen-bond donors (Lipinski definition) is 2.